The molecule has 1 saturated carbocycles. The molecule has 0 spiro atoms. The number of carbonyl (C=O) groups is 1. The molecule has 4 heterocycles. The van der Waals surface area contributed by atoms with E-state index in [4.69, 9.17) is 19.0 Å². The average molecular weight is 630 g/mol. The highest BCUT2D eigenvalue weighted by Gasteiger charge is 2.43. The monoisotopic (exact) mass is 629 g/mol. The van der Waals surface area contributed by atoms with Gasteiger partial charge in [0.15, 0.2) is 5.13 Å². The Balaban J connectivity index is 1.12. The van der Waals surface area contributed by atoms with Crippen molar-refractivity contribution in [1.82, 2.24) is 10.1 Å². The van der Waals surface area contributed by atoms with Gasteiger partial charge in [0.2, 0.25) is 0 Å². The van der Waals surface area contributed by atoms with Gasteiger partial charge in [-0.15, -0.1) is 5.54 Å². The van der Waals surface area contributed by atoms with Crippen LogP contribution in [0.2, 0.25) is 19.6 Å². The standard InChI is InChI=1S/C34H36FN3O4SSi/c1-40-33(39)22-15-21(13-14-44(2,3)4)30-29(16-22)43-34(36-30)38-23-11-12-24(38)18-25(17-23)41-19-27-31(26-7-5-6-8-28(26)35)37-42-32(27)20-9-10-20/h5-8,15-16,20,23-25H,9-12,17-19H2,1-4H3. The van der Waals surface area contributed by atoms with Crippen LogP contribution in [0.25, 0.3) is 21.5 Å². The Morgan fingerprint density at radius 1 is 1.14 bits per heavy atom. The van der Waals surface area contributed by atoms with Gasteiger partial charge in [0.25, 0.3) is 0 Å². The van der Waals surface area contributed by atoms with Crippen LogP contribution in [0, 0.1) is 17.3 Å². The molecular weight excluding hydrogens is 594 g/mol. The summed E-state index contributed by atoms with van der Waals surface area (Å²) in [4.78, 5) is 20.1. The van der Waals surface area contributed by atoms with Crippen LogP contribution in [-0.2, 0) is 16.1 Å². The Morgan fingerprint density at radius 2 is 1.89 bits per heavy atom. The molecule has 44 heavy (non-hydrogen) atoms. The maximum Gasteiger partial charge on any atom is 0.337 e. The molecule has 228 valence electrons. The minimum atomic E-state index is -1.64. The molecule has 0 radical (unpaired) electrons. The fourth-order valence-corrected chi connectivity index (χ4v) is 8.17. The molecule has 1 aliphatic carbocycles. The number of thiazole rings is 1. The van der Waals surface area contributed by atoms with Gasteiger partial charge in [-0.3, -0.25) is 0 Å². The van der Waals surface area contributed by atoms with Crippen LogP contribution in [-0.4, -0.2) is 49.5 Å². The van der Waals surface area contributed by atoms with E-state index in [-0.39, 0.29) is 17.9 Å². The van der Waals surface area contributed by atoms with Gasteiger partial charge in [-0.05, 0) is 62.8 Å². The van der Waals surface area contributed by atoms with Crippen LogP contribution >= 0.6 is 11.3 Å². The Labute approximate surface area is 261 Å². The minimum absolute atomic E-state index is 0.0812. The maximum absolute atomic E-state index is 14.7. The Morgan fingerprint density at radius 3 is 2.57 bits per heavy atom. The summed E-state index contributed by atoms with van der Waals surface area (Å²) in [5, 5.41) is 5.27. The average Bonchev–Trinajstić information content (AvgIpc) is 3.52. The van der Waals surface area contributed by atoms with Crippen LogP contribution in [0.3, 0.4) is 0 Å². The molecule has 4 aromatic rings. The normalized spacial score (nSPS) is 21.4. The van der Waals surface area contributed by atoms with Crippen molar-refractivity contribution < 1.29 is 23.2 Å². The molecule has 0 amide bonds. The van der Waals surface area contributed by atoms with E-state index in [1.54, 1.807) is 23.5 Å². The highest BCUT2D eigenvalue weighted by atomic mass is 32.1. The van der Waals surface area contributed by atoms with E-state index in [1.165, 1.54) is 13.2 Å². The summed E-state index contributed by atoms with van der Waals surface area (Å²) in [6.45, 7) is 6.97. The predicted octanol–water partition coefficient (Wildman–Crippen LogP) is 7.70. The molecule has 2 aromatic carbocycles. The van der Waals surface area contributed by atoms with Gasteiger partial charge in [0.1, 0.15) is 25.3 Å². The first kappa shape index (κ1) is 29.2. The Kier molecular flexibility index (Phi) is 7.59. The second-order valence-corrected chi connectivity index (χ2v) is 18.9. The lowest BCUT2D eigenvalue weighted by atomic mass is 10.00. The van der Waals surface area contributed by atoms with Crippen LogP contribution in [0.1, 0.15) is 71.7 Å². The summed E-state index contributed by atoms with van der Waals surface area (Å²) in [6.07, 6.45) is 6.15. The van der Waals surface area contributed by atoms with Crippen molar-refractivity contribution in [2.75, 3.05) is 12.0 Å². The van der Waals surface area contributed by atoms with E-state index in [9.17, 15) is 9.18 Å². The van der Waals surface area contributed by atoms with Gasteiger partial charge in [-0.1, -0.05) is 54.2 Å². The molecule has 0 N–H and O–H groups in total. The van der Waals surface area contributed by atoms with E-state index in [0.29, 0.717) is 41.4 Å². The zero-order valence-electron chi connectivity index (χ0n) is 25.5. The smallest absolute Gasteiger partial charge is 0.337 e. The van der Waals surface area contributed by atoms with Gasteiger partial charge in [-0.2, -0.15) is 0 Å². The number of methoxy groups -OCH3 is 1. The number of fused-ring (bicyclic) bond motifs is 3. The Bertz CT molecular complexity index is 1780. The van der Waals surface area contributed by atoms with Crippen LogP contribution in [0.15, 0.2) is 40.9 Å². The van der Waals surface area contributed by atoms with Crippen molar-refractivity contribution >= 4 is 40.7 Å². The maximum atomic E-state index is 14.7. The third-order valence-corrected chi connectivity index (χ3v) is 10.6. The number of esters is 1. The van der Waals surface area contributed by atoms with E-state index < -0.39 is 8.07 Å². The topological polar surface area (TPSA) is 77.7 Å². The lowest BCUT2D eigenvalue weighted by Crippen LogP contribution is -2.45. The molecule has 2 atom stereocenters. The highest BCUT2D eigenvalue weighted by molar-refractivity contribution is 7.22. The quantitative estimate of drug-likeness (QED) is 0.118. The van der Waals surface area contributed by atoms with Gasteiger partial charge >= 0.3 is 5.97 Å². The summed E-state index contributed by atoms with van der Waals surface area (Å²) in [6, 6.07) is 11.0. The molecule has 7 rings (SSSR count). The first-order valence-corrected chi connectivity index (χ1v) is 19.7. The summed E-state index contributed by atoms with van der Waals surface area (Å²) in [5.41, 5.74) is 7.46. The number of nitrogens with zero attached hydrogens (tertiary/aromatic N) is 3. The second kappa shape index (κ2) is 11.4. The number of hydrogen-bond acceptors (Lipinski definition) is 8. The number of piperidine rings is 1. The molecule has 3 fully saturated rings. The number of halogens is 1. The summed E-state index contributed by atoms with van der Waals surface area (Å²) in [5.74, 6) is 3.86. The highest BCUT2D eigenvalue weighted by Crippen LogP contribution is 2.46. The van der Waals surface area contributed by atoms with Crippen LogP contribution < -0.4 is 4.90 Å². The van der Waals surface area contributed by atoms with Gasteiger partial charge in [0.05, 0.1) is 41.2 Å². The number of carbonyl (C=O) groups excluding carboxylic acids is 1. The number of rotatable bonds is 7. The number of hydrogen-bond donors (Lipinski definition) is 0. The molecule has 7 nitrogen and oxygen atoms in total. The number of ether oxygens (including phenoxy) is 2. The van der Waals surface area contributed by atoms with E-state index >= 15 is 0 Å². The van der Waals surface area contributed by atoms with Gasteiger partial charge < -0.3 is 18.9 Å². The van der Waals surface area contributed by atoms with E-state index in [0.717, 1.165) is 70.8 Å². The number of benzene rings is 2. The molecule has 2 unspecified atom stereocenters. The summed E-state index contributed by atoms with van der Waals surface area (Å²) < 4.78 is 33.0. The van der Waals surface area contributed by atoms with Crippen molar-refractivity contribution in [3.8, 4) is 22.7 Å². The largest absolute Gasteiger partial charge is 0.465 e. The van der Waals surface area contributed by atoms with Crippen molar-refractivity contribution in [2.45, 2.75) is 88.9 Å². The third kappa shape index (κ3) is 5.69. The molecule has 2 aliphatic heterocycles. The second-order valence-electron chi connectivity index (χ2n) is 13.2. The SMILES string of the molecule is COC(=O)c1cc(C#C[Si](C)(C)C)c2nc(N3C4CCC3CC(OCc3c(-c5ccccc5F)noc3C3CC3)C4)sc2c1. The van der Waals surface area contributed by atoms with Crippen molar-refractivity contribution in [3.05, 3.63) is 64.7 Å². The molecule has 2 aromatic heterocycles. The lowest BCUT2D eigenvalue weighted by Gasteiger charge is -2.38. The predicted molar refractivity (Wildman–Crippen MR) is 172 cm³/mol. The first-order valence-electron chi connectivity index (χ1n) is 15.4. The zero-order chi connectivity index (χ0) is 30.6. The Hall–Kier alpha value is -3.52. The van der Waals surface area contributed by atoms with Crippen LogP contribution in [0.5, 0.6) is 0 Å². The molecule has 2 bridgehead atoms. The summed E-state index contributed by atoms with van der Waals surface area (Å²) >= 11 is 1.62. The number of aromatic nitrogens is 2. The fraction of sp³-hybridized carbons (Fsp3) is 0.441. The minimum Gasteiger partial charge on any atom is -0.465 e. The number of anilines is 1. The van der Waals surface area contributed by atoms with Crippen molar-refractivity contribution in [2.24, 2.45) is 0 Å². The van der Waals surface area contributed by atoms with Crippen molar-refractivity contribution in [1.29, 1.82) is 0 Å². The van der Waals surface area contributed by atoms with E-state index in [2.05, 4.69) is 41.2 Å². The molecular formula is C34H36FN3O4SSi. The van der Waals surface area contributed by atoms with Gasteiger partial charge in [-0.25, -0.2) is 14.2 Å². The van der Waals surface area contributed by atoms with Crippen LogP contribution in [0.4, 0.5) is 9.52 Å². The first-order chi connectivity index (χ1) is 21.2. The zero-order valence-corrected chi connectivity index (χ0v) is 27.3. The molecule has 2 saturated heterocycles. The van der Waals surface area contributed by atoms with E-state index in [1.807, 2.05) is 18.2 Å². The lowest BCUT2D eigenvalue weighted by molar-refractivity contribution is 0.0147. The summed E-state index contributed by atoms with van der Waals surface area (Å²) in [7, 11) is -0.239. The third-order valence-electron chi connectivity index (χ3n) is 8.75. The molecule has 10 heteroatoms. The molecule has 3 aliphatic rings. The van der Waals surface area contributed by atoms with Gasteiger partial charge in [0, 0.05) is 29.1 Å². The fourth-order valence-electron chi connectivity index (χ4n) is 6.48. The van der Waals surface area contributed by atoms with Crippen molar-refractivity contribution in [3.63, 3.8) is 0 Å².